The van der Waals surface area contributed by atoms with Crippen molar-refractivity contribution in [1.29, 1.82) is 0 Å². The Kier molecular flexibility index (Phi) is 25.6. The van der Waals surface area contributed by atoms with Gasteiger partial charge in [-0.1, -0.05) is 48.5 Å². The molecule has 0 fully saturated rings. The summed E-state index contributed by atoms with van der Waals surface area (Å²) in [4.78, 5) is 37.3. The number of aliphatic imine (C=N–C) groups is 4. The minimum Gasteiger partial charge on any atom is -0.494 e. The lowest BCUT2D eigenvalue weighted by molar-refractivity contribution is -0.697. The Morgan fingerprint density at radius 2 is 0.517 bits per heavy atom. The Labute approximate surface area is 702 Å². The van der Waals surface area contributed by atoms with Crippen molar-refractivity contribution >= 4 is 45.1 Å². The van der Waals surface area contributed by atoms with Gasteiger partial charge in [0, 0.05) is 146 Å². The molecule has 0 spiro atoms. The summed E-state index contributed by atoms with van der Waals surface area (Å²) in [7, 11) is 0. The largest absolute Gasteiger partial charge is 0.494 e. The molecule has 0 saturated carbocycles. The Balaban J connectivity index is 0.638. The number of benzene rings is 4. The molecule has 0 atom stereocenters. The fourth-order valence-corrected chi connectivity index (χ4v) is 15.6. The van der Waals surface area contributed by atoms with Crippen molar-refractivity contribution in [2.75, 3.05) is 33.0 Å². The first kappa shape index (κ1) is 78.4. The van der Waals surface area contributed by atoms with Crippen LogP contribution in [0.4, 0.5) is 0 Å². The van der Waals surface area contributed by atoms with E-state index in [1.54, 1.807) is 0 Å². The summed E-state index contributed by atoms with van der Waals surface area (Å²) < 4.78 is 32.6. The van der Waals surface area contributed by atoms with Gasteiger partial charge < -0.3 is 29.2 Å². The third-order valence-corrected chi connectivity index (χ3v) is 22.2. The van der Waals surface area contributed by atoms with Gasteiger partial charge in [0.15, 0.2) is 37.2 Å². The highest BCUT2D eigenvalue weighted by Gasteiger charge is 2.29. The number of dihydropyridines is 1. The van der Waals surface area contributed by atoms with Crippen LogP contribution in [0.2, 0.25) is 0 Å². The van der Waals surface area contributed by atoms with Gasteiger partial charge in [-0.05, 0) is 282 Å². The van der Waals surface area contributed by atoms with E-state index in [1.807, 2.05) is 86.0 Å². The Hall–Kier alpha value is -14.1. The molecular formula is C104H97N12O4+3. The van der Waals surface area contributed by atoms with E-state index in [4.69, 9.17) is 38.9 Å². The standard InChI is InChI=1S/C104H97N12O4/c1(5-61-113-65-45-81(46-66-113)77-37-53-105-54-38-77)9-73-117-89-21-13-85(14-22-89)101-93-29-31-95(109-93)102(86-15-23-90(24-16-86)118-74-10-2-6-62-114-67-47-82(48-68-114)78-39-55-106-56-40-78)97-33-35-99(111-97)104(88-19-27-92(28-20-88)120-76-12-4-8-64-116-71-51-84(52-72-116)80-43-59-108-60-44-80)100-36-34-98(112-100)103(96-32-30-94(101)110-96)87-17-25-91(26-18-87)119-75-11-3-7-63-115-69-49-83(50-70-115)79-41-57-107-58-42-79/h13-60,65-72,105H,1-12,61-64,73-76H2/q+3. The molecule has 0 radical (unpaired) electrons. The van der Waals surface area contributed by atoms with Crippen LogP contribution in [0, 0.1) is 0 Å². The quantitative estimate of drug-likeness (QED) is 0.0302. The summed E-state index contributed by atoms with van der Waals surface area (Å²) >= 11 is 0. The highest BCUT2D eigenvalue weighted by atomic mass is 16.5. The van der Waals surface area contributed by atoms with Gasteiger partial charge in [0.25, 0.3) is 0 Å². The molecule has 17 rings (SSSR count). The van der Waals surface area contributed by atoms with Gasteiger partial charge in [-0.25, -0.2) is 33.7 Å². The molecule has 16 nitrogen and oxygen atoms in total. The van der Waals surface area contributed by atoms with E-state index in [1.165, 1.54) is 27.8 Å². The van der Waals surface area contributed by atoms with Crippen molar-refractivity contribution in [2.45, 2.75) is 96.7 Å². The summed E-state index contributed by atoms with van der Waals surface area (Å²) in [6.07, 6.45) is 69.8. The summed E-state index contributed by atoms with van der Waals surface area (Å²) in [6.45, 7) is 6.20. The van der Waals surface area contributed by atoms with Gasteiger partial charge in [0.1, 0.15) is 42.6 Å². The number of nitrogens with zero attached hydrogens (tertiary/aromatic N) is 11. The number of unbranched alkanes of at least 4 members (excludes halogenated alkanes) is 8. The second kappa shape index (κ2) is 39.2. The molecule has 0 amide bonds. The van der Waals surface area contributed by atoms with Gasteiger partial charge in [0.05, 0.1) is 72.1 Å². The molecule has 10 aromatic rings. The number of hydrogen-bond acceptors (Lipinski definition) is 13. The first-order valence-electron chi connectivity index (χ1n) is 42.1. The predicted molar refractivity (Wildman–Crippen MR) is 480 cm³/mol. The molecule has 594 valence electrons. The Morgan fingerprint density at radius 1 is 0.250 bits per heavy atom. The number of aryl methyl sites for hydroxylation is 3. The zero-order valence-electron chi connectivity index (χ0n) is 67.5. The number of fused-ring (bicyclic) bond motifs is 4. The topological polar surface area (TPSA) is 152 Å². The molecule has 120 heavy (non-hydrogen) atoms. The number of nitrogens with one attached hydrogen (secondary N) is 1. The van der Waals surface area contributed by atoms with E-state index in [9.17, 15) is 0 Å². The summed E-state index contributed by atoms with van der Waals surface area (Å²) in [5, 5.41) is 3.12. The molecule has 0 aliphatic carbocycles. The average Bonchev–Trinajstić information content (AvgIpc) is 1.61. The SMILES string of the molecule is C1=CC(=C2C=CN(CCCCCOc3ccc(C4=C5C=CC(=N5)C(c5ccc(OCCCCC[n+]6ccc(-c7ccncc7)cc6)cc5)=C5C=CC(=N5)C(c5ccc(OCCCCC[n+]6ccc(-c7ccncc7)cc6)cc5)=C5C=CC(=N5)C(c5ccc(OCCCCC[n+]6ccc(-c7ccncc7)cc6)cc5)=C5C=CC4=N5)cc3)C=C2)C=CN1. The lowest BCUT2D eigenvalue weighted by Crippen LogP contribution is -2.32. The monoisotopic (exact) mass is 1580 g/mol. The van der Waals surface area contributed by atoms with Crippen LogP contribution in [0.1, 0.15) is 99.3 Å². The second-order valence-electron chi connectivity index (χ2n) is 30.4. The lowest BCUT2D eigenvalue weighted by Gasteiger charge is -2.19. The van der Waals surface area contributed by atoms with Crippen LogP contribution < -0.4 is 38.0 Å². The number of hydrogen-bond donors (Lipinski definition) is 1. The van der Waals surface area contributed by atoms with Crippen LogP contribution in [0.15, 0.2) is 396 Å². The van der Waals surface area contributed by atoms with E-state index >= 15 is 0 Å². The average molecular weight is 1580 g/mol. The van der Waals surface area contributed by atoms with Crippen LogP contribution in [-0.2, 0) is 19.6 Å². The molecule has 8 bridgehead atoms. The number of rotatable bonds is 35. The minimum atomic E-state index is 0.609. The van der Waals surface area contributed by atoms with Gasteiger partial charge in [-0.2, -0.15) is 0 Å². The molecule has 1 N–H and O–H groups in total. The minimum absolute atomic E-state index is 0.609. The molecule has 0 saturated heterocycles. The first-order chi connectivity index (χ1) is 59.5. The maximum atomic E-state index is 6.47. The van der Waals surface area contributed by atoms with Gasteiger partial charge >= 0.3 is 0 Å². The van der Waals surface area contributed by atoms with E-state index in [0.717, 1.165) is 233 Å². The summed E-state index contributed by atoms with van der Waals surface area (Å²) in [5.41, 5.74) is 23.0. The van der Waals surface area contributed by atoms with Crippen molar-refractivity contribution in [3.05, 3.63) is 398 Å². The fourth-order valence-electron chi connectivity index (χ4n) is 15.6. The van der Waals surface area contributed by atoms with Gasteiger partial charge in [-0.3, -0.25) is 15.0 Å². The van der Waals surface area contributed by atoms with Crippen LogP contribution in [0.5, 0.6) is 23.0 Å². The maximum Gasteiger partial charge on any atom is 0.169 e. The van der Waals surface area contributed by atoms with Crippen LogP contribution in [-0.4, -0.2) is 75.7 Å². The molecule has 6 aromatic heterocycles. The highest BCUT2D eigenvalue weighted by Crippen LogP contribution is 2.40. The third kappa shape index (κ3) is 20.1. The van der Waals surface area contributed by atoms with E-state index in [-0.39, 0.29) is 0 Å². The molecule has 7 aliphatic heterocycles. The lowest BCUT2D eigenvalue weighted by atomic mass is 9.98. The number of pyridine rings is 6. The van der Waals surface area contributed by atoms with Crippen molar-refractivity contribution < 1.29 is 32.6 Å². The highest BCUT2D eigenvalue weighted by molar-refractivity contribution is 6.39. The summed E-state index contributed by atoms with van der Waals surface area (Å²) in [6, 6.07) is 58.9. The normalized spacial score (nSPS) is 15.0. The Morgan fingerprint density at radius 3 is 0.808 bits per heavy atom. The van der Waals surface area contributed by atoms with Crippen LogP contribution >= 0.6 is 0 Å². The van der Waals surface area contributed by atoms with Crippen molar-refractivity contribution in [3.8, 4) is 56.4 Å². The van der Waals surface area contributed by atoms with Gasteiger partial charge in [0.2, 0.25) is 0 Å². The van der Waals surface area contributed by atoms with Crippen molar-refractivity contribution in [1.82, 2.24) is 25.2 Å². The number of aromatic nitrogens is 6. The smallest absolute Gasteiger partial charge is 0.169 e. The van der Waals surface area contributed by atoms with Crippen molar-refractivity contribution in [3.63, 3.8) is 0 Å². The zero-order valence-corrected chi connectivity index (χ0v) is 67.5. The van der Waals surface area contributed by atoms with Gasteiger partial charge in [-0.15, -0.1) is 0 Å². The molecule has 4 aromatic carbocycles. The van der Waals surface area contributed by atoms with E-state index in [2.05, 4.69) is 295 Å². The number of allylic oxidation sites excluding steroid dienone is 18. The molecule has 0 unspecified atom stereocenters. The molecule has 7 aliphatic rings. The molecule has 16 heteroatoms. The van der Waals surface area contributed by atoms with E-state index < -0.39 is 0 Å². The zero-order chi connectivity index (χ0) is 80.7. The Bertz CT molecular complexity index is 5680. The van der Waals surface area contributed by atoms with Crippen LogP contribution in [0.3, 0.4) is 0 Å². The van der Waals surface area contributed by atoms with Crippen molar-refractivity contribution in [2.24, 2.45) is 20.0 Å². The number of ether oxygens (including phenoxy) is 4. The molecular weight excluding hydrogens is 1480 g/mol. The molecule has 13 heterocycles. The maximum absolute atomic E-state index is 6.47. The third-order valence-electron chi connectivity index (χ3n) is 22.2. The summed E-state index contributed by atoms with van der Waals surface area (Å²) in [5.74, 6) is 3.22. The fraction of sp³-hybridized carbons (Fsp3) is 0.192. The van der Waals surface area contributed by atoms with Crippen LogP contribution in [0.25, 0.3) is 55.7 Å². The predicted octanol–water partition coefficient (Wildman–Crippen LogP) is 20.3. The second-order valence-corrected chi connectivity index (χ2v) is 30.4. The first-order valence-corrected chi connectivity index (χ1v) is 42.1. The van der Waals surface area contributed by atoms with E-state index in [0.29, 0.717) is 26.4 Å².